The number of halogens is 1. The molecular weight excluding hydrogens is 328 g/mol. The highest BCUT2D eigenvalue weighted by Gasteiger charge is 2.42. The van der Waals surface area contributed by atoms with Gasteiger partial charge in [0.1, 0.15) is 6.10 Å². The highest BCUT2D eigenvalue weighted by Crippen LogP contribution is 2.38. The molecule has 1 N–H and O–H groups in total. The second kappa shape index (κ2) is 6.81. The number of benzene rings is 1. The van der Waals surface area contributed by atoms with Gasteiger partial charge in [-0.15, -0.1) is 12.4 Å². The van der Waals surface area contributed by atoms with Crippen LogP contribution < -0.4 is 14.8 Å². The molecule has 2 atom stereocenters. The van der Waals surface area contributed by atoms with Crippen LogP contribution in [0.1, 0.15) is 26.2 Å². The SMILES string of the molecule is CC1Oc2ccccc2OC1C(=O)N1CCC2(CCNC2)CC1.Cl. The van der Waals surface area contributed by atoms with Gasteiger partial charge >= 0.3 is 0 Å². The van der Waals surface area contributed by atoms with Gasteiger partial charge in [-0.1, -0.05) is 12.1 Å². The summed E-state index contributed by atoms with van der Waals surface area (Å²) >= 11 is 0. The summed E-state index contributed by atoms with van der Waals surface area (Å²) in [5, 5.41) is 3.46. The maximum absolute atomic E-state index is 12.9. The average molecular weight is 353 g/mol. The normalized spacial score (nSPS) is 27.6. The fraction of sp³-hybridized carbons (Fsp3) is 0.611. The van der Waals surface area contributed by atoms with Gasteiger partial charge < -0.3 is 19.7 Å². The lowest BCUT2D eigenvalue weighted by molar-refractivity contribution is -0.146. The summed E-state index contributed by atoms with van der Waals surface area (Å²) in [4.78, 5) is 14.8. The van der Waals surface area contributed by atoms with Crippen LogP contribution in [0.5, 0.6) is 11.5 Å². The Labute approximate surface area is 149 Å². The van der Waals surface area contributed by atoms with Crippen molar-refractivity contribution in [2.24, 2.45) is 5.41 Å². The largest absolute Gasteiger partial charge is 0.482 e. The van der Waals surface area contributed by atoms with E-state index in [1.165, 1.54) is 6.42 Å². The second-order valence-corrected chi connectivity index (χ2v) is 7.06. The summed E-state index contributed by atoms with van der Waals surface area (Å²) in [6, 6.07) is 7.55. The maximum Gasteiger partial charge on any atom is 0.267 e. The van der Waals surface area contributed by atoms with E-state index in [1.54, 1.807) is 0 Å². The van der Waals surface area contributed by atoms with Crippen LogP contribution in [0.2, 0.25) is 0 Å². The maximum atomic E-state index is 12.9. The molecule has 2 saturated heterocycles. The molecule has 0 aliphatic carbocycles. The van der Waals surface area contributed by atoms with Crippen molar-refractivity contribution in [3.05, 3.63) is 24.3 Å². The fourth-order valence-corrected chi connectivity index (χ4v) is 3.99. The molecule has 1 aromatic carbocycles. The topological polar surface area (TPSA) is 50.8 Å². The molecule has 2 fully saturated rings. The fourth-order valence-electron chi connectivity index (χ4n) is 3.99. The van der Waals surface area contributed by atoms with Crippen LogP contribution >= 0.6 is 12.4 Å². The third-order valence-corrected chi connectivity index (χ3v) is 5.55. The van der Waals surface area contributed by atoms with Crippen molar-refractivity contribution in [2.45, 2.75) is 38.4 Å². The highest BCUT2D eigenvalue weighted by atomic mass is 35.5. The molecule has 0 bridgehead atoms. The monoisotopic (exact) mass is 352 g/mol. The van der Waals surface area contributed by atoms with Gasteiger partial charge in [0.05, 0.1) is 0 Å². The van der Waals surface area contributed by atoms with Crippen LogP contribution in [-0.4, -0.2) is 49.2 Å². The molecule has 2 unspecified atom stereocenters. The molecule has 1 spiro atoms. The number of carbonyl (C=O) groups is 1. The van der Waals surface area contributed by atoms with E-state index < -0.39 is 6.10 Å². The molecule has 4 rings (SSSR count). The Balaban J connectivity index is 0.00000169. The van der Waals surface area contributed by atoms with Gasteiger partial charge in [0.15, 0.2) is 11.5 Å². The Kier molecular flexibility index (Phi) is 4.92. The summed E-state index contributed by atoms with van der Waals surface area (Å²) in [6.07, 6.45) is 2.61. The van der Waals surface area contributed by atoms with E-state index in [2.05, 4.69) is 5.32 Å². The summed E-state index contributed by atoms with van der Waals surface area (Å²) in [5.74, 6) is 1.45. The number of fused-ring (bicyclic) bond motifs is 1. The van der Waals surface area contributed by atoms with Crippen molar-refractivity contribution in [1.82, 2.24) is 10.2 Å². The standard InChI is InChI=1S/C18H24N2O3.ClH/c1-13-16(23-15-5-3-2-4-14(15)22-13)17(21)20-10-7-18(8-11-20)6-9-19-12-18;/h2-5,13,16,19H,6-12H2,1H3;1H. The molecule has 0 saturated carbocycles. The Morgan fingerprint density at radius 3 is 2.46 bits per heavy atom. The van der Waals surface area contributed by atoms with E-state index in [4.69, 9.17) is 9.47 Å². The number of hydrogen-bond acceptors (Lipinski definition) is 4. The highest BCUT2D eigenvalue weighted by molar-refractivity contribution is 5.85. The van der Waals surface area contributed by atoms with Crippen LogP contribution in [0.25, 0.3) is 0 Å². The third-order valence-electron chi connectivity index (χ3n) is 5.55. The first kappa shape index (κ1) is 17.4. The minimum absolute atomic E-state index is 0. The summed E-state index contributed by atoms with van der Waals surface area (Å²) in [6.45, 7) is 5.78. The van der Waals surface area contributed by atoms with Crippen LogP contribution in [0, 0.1) is 5.41 Å². The molecule has 5 nitrogen and oxygen atoms in total. The Morgan fingerprint density at radius 2 is 1.83 bits per heavy atom. The molecule has 6 heteroatoms. The van der Waals surface area contributed by atoms with Crippen molar-refractivity contribution in [3.8, 4) is 11.5 Å². The zero-order valence-corrected chi connectivity index (χ0v) is 14.8. The number of carbonyl (C=O) groups excluding carboxylic acids is 1. The van der Waals surface area contributed by atoms with Crippen LogP contribution in [0.4, 0.5) is 0 Å². The average Bonchev–Trinajstić information content (AvgIpc) is 3.02. The minimum atomic E-state index is -0.541. The van der Waals surface area contributed by atoms with Crippen molar-refractivity contribution < 1.29 is 14.3 Å². The number of nitrogens with zero attached hydrogens (tertiary/aromatic N) is 1. The molecule has 3 aliphatic rings. The first-order valence-corrected chi connectivity index (χ1v) is 8.59. The molecule has 3 aliphatic heterocycles. The van der Waals surface area contributed by atoms with Crippen molar-refractivity contribution >= 4 is 18.3 Å². The Morgan fingerprint density at radius 1 is 1.17 bits per heavy atom. The lowest BCUT2D eigenvalue weighted by Crippen LogP contribution is -2.53. The summed E-state index contributed by atoms with van der Waals surface area (Å²) in [7, 11) is 0. The van der Waals surface area contributed by atoms with Gasteiger partial charge in [-0.2, -0.15) is 0 Å². The summed E-state index contributed by atoms with van der Waals surface area (Å²) < 4.78 is 11.8. The molecule has 24 heavy (non-hydrogen) atoms. The number of likely N-dealkylation sites (tertiary alicyclic amines) is 1. The van der Waals surface area contributed by atoms with E-state index in [0.29, 0.717) is 11.2 Å². The quantitative estimate of drug-likeness (QED) is 0.842. The molecule has 3 heterocycles. The van der Waals surface area contributed by atoms with Crippen molar-refractivity contribution in [3.63, 3.8) is 0 Å². The van der Waals surface area contributed by atoms with Gasteiger partial charge in [-0.3, -0.25) is 4.79 Å². The van der Waals surface area contributed by atoms with Crippen LogP contribution in [0.15, 0.2) is 24.3 Å². The molecule has 1 aromatic rings. The Bertz CT molecular complexity index is 594. The predicted octanol–water partition coefficient (Wildman–Crippen LogP) is 2.24. The Hall–Kier alpha value is -1.46. The van der Waals surface area contributed by atoms with E-state index in [9.17, 15) is 4.79 Å². The first-order chi connectivity index (χ1) is 11.2. The summed E-state index contributed by atoms with van der Waals surface area (Å²) in [5.41, 5.74) is 0.416. The van der Waals surface area contributed by atoms with Crippen LogP contribution in [0.3, 0.4) is 0 Å². The minimum Gasteiger partial charge on any atom is -0.482 e. The number of para-hydroxylation sites is 2. The molecule has 132 valence electrons. The number of hydrogen-bond donors (Lipinski definition) is 1. The van der Waals surface area contributed by atoms with Gasteiger partial charge in [0.25, 0.3) is 5.91 Å². The van der Waals surface area contributed by atoms with Crippen molar-refractivity contribution in [1.29, 1.82) is 0 Å². The smallest absolute Gasteiger partial charge is 0.267 e. The van der Waals surface area contributed by atoms with E-state index in [1.807, 2.05) is 36.1 Å². The molecule has 0 radical (unpaired) electrons. The van der Waals surface area contributed by atoms with E-state index in [-0.39, 0.29) is 24.4 Å². The van der Waals surface area contributed by atoms with E-state index >= 15 is 0 Å². The first-order valence-electron chi connectivity index (χ1n) is 8.59. The van der Waals surface area contributed by atoms with Gasteiger partial charge in [0.2, 0.25) is 6.10 Å². The molecular formula is C18H25ClN2O3. The molecule has 0 aromatic heterocycles. The number of nitrogens with one attached hydrogen (secondary N) is 1. The number of ether oxygens (including phenoxy) is 2. The van der Waals surface area contributed by atoms with Gasteiger partial charge in [-0.05, 0) is 50.3 Å². The van der Waals surface area contributed by atoms with Gasteiger partial charge in [-0.25, -0.2) is 0 Å². The third kappa shape index (κ3) is 3.07. The zero-order valence-electron chi connectivity index (χ0n) is 14.0. The van der Waals surface area contributed by atoms with Crippen molar-refractivity contribution in [2.75, 3.05) is 26.2 Å². The van der Waals surface area contributed by atoms with Gasteiger partial charge in [0, 0.05) is 19.6 Å². The molecule has 1 amide bonds. The predicted molar refractivity (Wildman–Crippen MR) is 93.9 cm³/mol. The lowest BCUT2D eigenvalue weighted by atomic mass is 9.78. The number of rotatable bonds is 1. The number of piperidine rings is 1. The van der Waals surface area contributed by atoms with E-state index in [0.717, 1.165) is 44.8 Å². The second-order valence-electron chi connectivity index (χ2n) is 7.06. The zero-order chi connectivity index (χ0) is 15.9. The van der Waals surface area contributed by atoms with Crippen LogP contribution in [-0.2, 0) is 4.79 Å². The number of amides is 1. The lowest BCUT2D eigenvalue weighted by Gasteiger charge is -2.41.